The first-order chi connectivity index (χ1) is 17.5. The Morgan fingerprint density at radius 1 is 0.944 bits per heavy atom. The number of ether oxygens (including phenoxy) is 2. The van der Waals surface area contributed by atoms with Crippen molar-refractivity contribution in [1.29, 1.82) is 0 Å². The summed E-state index contributed by atoms with van der Waals surface area (Å²) in [6, 6.07) is 11.6. The van der Waals surface area contributed by atoms with E-state index >= 15 is 0 Å². The molecule has 3 aromatic rings. The number of aromatic nitrogens is 1. The van der Waals surface area contributed by atoms with Crippen molar-refractivity contribution in [3.8, 4) is 17.2 Å². The van der Waals surface area contributed by atoms with Gasteiger partial charge in [-0.1, -0.05) is 0 Å². The van der Waals surface area contributed by atoms with Crippen LogP contribution in [0.3, 0.4) is 0 Å². The van der Waals surface area contributed by atoms with Crippen molar-refractivity contribution < 1.29 is 27.8 Å². The molecular weight excluding hydrogens is 470 g/mol. The van der Waals surface area contributed by atoms with Crippen molar-refractivity contribution in [2.45, 2.75) is 30.8 Å². The van der Waals surface area contributed by atoms with Crippen LogP contribution in [-0.2, 0) is 0 Å². The van der Waals surface area contributed by atoms with Gasteiger partial charge < -0.3 is 20.1 Å². The molecule has 2 heterocycles. The third kappa shape index (κ3) is 4.41. The first-order valence-corrected chi connectivity index (χ1v) is 11.7. The Labute approximate surface area is 205 Å². The summed E-state index contributed by atoms with van der Waals surface area (Å²) in [6.07, 6.45) is 3.51. The Bertz CT molecular complexity index is 1330. The highest BCUT2D eigenvalue weighted by molar-refractivity contribution is 5.94. The Morgan fingerprint density at radius 2 is 1.69 bits per heavy atom. The molecule has 3 amide bonds. The average Bonchev–Trinajstić information content (AvgIpc) is 3.81. The van der Waals surface area contributed by atoms with Crippen LogP contribution in [-0.4, -0.2) is 35.6 Å². The number of amides is 3. The van der Waals surface area contributed by atoms with E-state index in [-0.39, 0.29) is 41.7 Å². The zero-order valence-corrected chi connectivity index (χ0v) is 19.0. The van der Waals surface area contributed by atoms with E-state index in [1.807, 2.05) is 0 Å². The zero-order valence-electron chi connectivity index (χ0n) is 19.0. The van der Waals surface area contributed by atoms with Crippen molar-refractivity contribution in [3.63, 3.8) is 0 Å². The Balaban J connectivity index is 1.03. The van der Waals surface area contributed by atoms with Crippen LogP contribution >= 0.6 is 0 Å². The lowest BCUT2D eigenvalue weighted by atomic mass is 10.0. The number of carbonyl (C=O) groups is 2. The Kier molecular flexibility index (Phi) is 5.43. The fourth-order valence-electron chi connectivity index (χ4n) is 4.48. The SMILES string of the molecule is O=C(Nc1ccc(Oc2ccc(C(=O)NC3CC3)cc2)cn1)N[C@@H]1[C@@H]2COc3c(F)ccc(F)c3[C@@H]21. The normalized spacial score (nSPS) is 21.3. The number of benzene rings is 2. The summed E-state index contributed by atoms with van der Waals surface area (Å²) in [5, 5.41) is 8.36. The van der Waals surface area contributed by atoms with Gasteiger partial charge in [-0.3, -0.25) is 10.1 Å². The topological polar surface area (TPSA) is 102 Å². The molecule has 10 heteroatoms. The zero-order chi connectivity index (χ0) is 24.8. The van der Waals surface area contributed by atoms with E-state index in [4.69, 9.17) is 9.47 Å². The van der Waals surface area contributed by atoms with Gasteiger partial charge in [0, 0.05) is 35.0 Å². The van der Waals surface area contributed by atoms with E-state index in [1.54, 1.807) is 36.4 Å². The number of pyridine rings is 1. The maximum absolute atomic E-state index is 14.3. The van der Waals surface area contributed by atoms with Gasteiger partial charge in [0.25, 0.3) is 5.91 Å². The molecule has 0 saturated heterocycles. The third-order valence-electron chi connectivity index (χ3n) is 6.56. The van der Waals surface area contributed by atoms with E-state index in [0.29, 0.717) is 28.9 Å². The predicted octanol–water partition coefficient (Wildman–Crippen LogP) is 4.34. The number of halogens is 2. The summed E-state index contributed by atoms with van der Waals surface area (Å²) in [4.78, 5) is 28.7. The van der Waals surface area contributed by atoms with Crippen LogP contribution in [0.2, 0.25) is 0 Å². The summed E-state index contributed by atoms with van der Waals surface area (Å²) in [5.41, 5.74) is 0.740. The predicted molar refractivity (Wildman–Crippen MR) is 125 cm³/mol. The molecule has 3 aliphatic rings. The number of anilines is 1. The van der Waals surface area contributed by atoms with Crippen LogP contribution in [0.5, 0.6) is 17.2 Å². The minimum absolute atomic E-state index is 0.0747. The second-order valence-electron chi connectivity index (χ2n) is 9.15. The van der Waals surface area contributed by atoms with Crippen molar-refractivity contribution >= 4 is 17.8 Å². The first kappa shape index (κ1) is 22.3. The molecule has 184 valence electrons. The van der Waals surface area contributed by atoms with E-state index in [9.17, 15) is 18.4 Å². The number of hydrogen-bond donors (Lipinski definition) is 3. The largest absolute Gasteiger partial charge is 0.490 e. The third-order valence-corrected chi connectivity index (χ3v) is 6.56. The van der Waals surface area contributed by atoms with Gasteiger partial charge in [0.2, 0.25) is 0 Å². The molecule has 2 aliphatic carbocycles. The maximum Gasteiger partial charge on any atom is 0.320 e. The fourth-order valence-corrected chi connectivity index (χ4v) is 4.48. The van der Waals surface area contributed by atoms with Crippen LogP contribution in [0.4, 0.5) is 19.4 Å². The van der Waals surface area contributed by atoms with Gasteiger partial charge in [-0.15, -0.1) is 0 Å². The lowest BCUT2D eigenvalue weighted by molar-refractivity contribution is 0.0951. The molecule has 3 atom stereocenters. The van der Waals surface area contributed by atoms with E-state index in [1.165, 1.54) is 6.20 Å². The minimum atomic E-state index is -0.610. The number of rotatable bonds is 6. The van der Waals surface area contributed by atoms with E-state index < -0.39 is 17.7 Å². The van der Waals surface area contributed by atoms with Gasteiger partial charge in [-0.2, -0.15) is 0 Å². The van der Waals surface area contributed by atoms with Crippen LogP contribution in [0.15, 0.2) is 54.7 Å². The van der Waals surface area contributed by atoms with Gasteiger partial charge >= 0.3 is 6.03 Å². The molecule has 2 aromatic carbocycles. The molecule has 3 N–H and O–H groups in total. The average molecular weight is 492 g/mol. The van der Waals surface area contributed by atoms with Gasteiger partial charge in [-0.05, 0) is 61.4 Å². The molecular formula is C26H22F2N4O4. The molecule has 2 saturated carbocycles. The summed E-state index contributed by atoms with van der Waals surface area (Å²) >= 11 is 0. The first-order valence-electron chi connectivity index (χ1n) is 11.7. The van der Waals surface area contributed by atoms with Crippen LogP contribution in [0.1, 0.15) is 34.7 Å². The quantitative estimate of drug-likeness (QED) is 0.475. The molecule has 1 aliphatic heterocycles. The number of nitrogens with zero attached hydrogens (tertiary/aromatic N) is 1. The summed E-state index contributed by atoms with van der Waals surface area (Å²) < 4.78 is 39.4. The monoisotopic (exact) mass is 492 g/mol. The number of urea groups is 1. The Morgan fingerprint density at radius 3 is 2.42 bits per heavy atom. The lowest BCUT2D eigenvalue weighted by Gasteiger charge is -2.16. The van der Waals surface area contributed by atoms with Gasteiger partial charge in [0.05, 0.1) is 12.8 Å². The number of nitrogens with one attached hydrogen (secondary N) is 3. The van der Waals surface area contributed by atoms with Crippen LogP contribution in [0, 0.1) is 17.6 Å². The molecule has 8 nitrogen and oxygen atoms in total. The molecule has 6 rings (SSSR count). The van der Waals surface area contributed by atoms with Gasteiger partial charge in [0.1, 0.15) is 23.1 Å². The minimum Gasteiger partial charge on any atom is -0.490 e. The number of hydrogen-bond acceptors (Lipinski definition) is 5. The summed E-state index contributed by atoms with van der Waals surface area (Å²) in [7, 11) is 0. The summed E-state index contributed by atoms with van der Waals surface area (Å²) in [6.45, 7) is 0.208. The summed E-state index contributed by atoms with van der Waals surface area (Å²) in [5.74, 6) is -0.477. The molecule has 0 radical (unpaired) electrons. The van der Waals surface area contributed by atoms with Crippen LogP contribution < -0.4 is 25.4 Å². The highest BCUT2D eigenvalue weighted by atomic mass is 19.1. The molecule has 0 spiro atoms. The lowest BCUT2D eigenvalue weighted by Crippen LogP contribution is -2.32. The number of carbonyl (C=O) groups excluding carboxylic acids is 2. The van der Waals surface area contributed by atoms with Crippen molar-refractivity contribution in [2.75, 3.05) is 11.9 Å². The van der Waals surface area contributed by atoms with Crippen molar-refractivity contribution in [2.24, 2.45) is 5.92 Å². The molecule has 0 bridgehead atoms. The van der Waals surface area contributed by atoms with Gasteiger partial charge in [-0.25, -0.2) is 18.6 Å². The smallest absolute Gasteiger partial charge is 0.320 e. The number of fused-ring (bicyclic) bond motifs is 3. The van der Waals surface area contributed by atoms with E-state index in [0.717, 1.165) is 25.0 Å². The fraction of sp³-hybridized carbons (Fsp3) is 0.269. The molecule has 0 unspecified atom stereocenters. The highest BCUT2D eigenvalue weighted by Crippen LogP contribution is 2.55. The second kappa shape index (κ2) is 8.78. The second-order valence-corrected chi connectivity index (χ2v) is 9.15. The van der Waals surface area contributed by atoms with Crippen molar-refractivity contribution in [1.82, 2.24) is 15.6 Å². The maximum atomic E-state index is 14.3. The van der Waals surface area contributed by atoms with E-state index in [2.05, 4.69) is 20.9 Å². The van der Waals surface area contributed by atoms with Crippen LogP contribution in [0.25, 0.3) is 0 Å². The standard InChI is InChI=1S/C26H22F2N4O4/c27-18-8-9-19(28)24-22(18)21-17(12-35-24)23(21)32-26(34)31-20-10-7-16(11-29-20)36-15-5-1-13(2-6-15)25(33)30-14-3-4-14/h1-2,5-11,14,17,21,23H,3-4,12H2,(H,30,33)(H2,29,31,32,34)/t17-,21-,23-/m1/s1. The molecule has 1 aromatic heterocycles. The molecule has 2 fully saturated rings. The highest BCUT2D eigenvalue weighted by Gasteiger charge is 2.57. The van der Waals surface area contributed by atoms with Crippen molar-refractivity contribution in [3.05, 3.63) is 77.5 Å². The Hall–Kier alpha value is -4.21. The molecule has 36 heavy (non-hydrogen) atoms. The van der Waals surface area contributed by atoms with Gasteiger partial charge in [0.15, 0.2) is 11.6 Å².